The van der Waals surface area contributed by atoms with E-state index in [1.54, 1.807) is 29.1 Å². The van der Waals surface area contributed by atoms with E-state index in [1.807, 2.05) is 31.1 Å². The fraction of sp³-hybridized carbons (Fsp3) is 0.333. The Hall–Kier alpha value is -2.34. The van der Waals surface area contributed by atoms with Gasteiger partial charge in [0.2, 0.25) is 0 Å². The van der Waals surface area contributed by atoms with Crippen molar-refractivity contribution in [1.82, 2.24) is 14.7 Å². The number of esters is 1. The van der Waals surface area contributed by atoms with E-state index in [2.05, 4.69) is 5.10 Å². The molecule has 0 unspecified atom stereocenters. The van der Waals surface area contributed by atoms with Crippen LogP contribution in [0.25, 0.3) is 5.69 Å². The van der Waals surface area contributed by atoms with Crippen molar-refractivity contribution in [3.05, 3.63) is 42.2 Å². The Bertz CT molecular complexity index is 590. The van der Waals surface area contributed by atoms with E-state index in [0.717, 1.165) is 18.7 Å². The minimum atomic E-state index is -0.400. The summed E-state index contributed by atoms with van der Waals surface area (Å²) in [6, 6.07) is 8.90. The fourth-order valence-corrected chi connectivity index (χ4v) is 1.82. The number of carbonyl (C=O) groups excluding carboxylic acids is 1. The van der Waals surface area contributed by atoms with Crippen LogP contribution in [-0.4, -0.2) is 47.9 Å². The molecule has 1 aromatic heterocycles. The van der Waals surface area contributed by atoms with E-state index in [9.17, 15) is 4.79 Å². The molecule has 0 amide bonds. The monoisotopic (exact) mass is 288 g/mol. The van der Waals surface area contributed by atoms with Crippen molar-refractivity contribution in [2.24, 2.45) is 0 Å². The summed E-state index contributed by atoms with van der Waals surface area (Å²) in [5.41, 5.74) is 7.47. The zero-order chi connectivity index (χ0) is 15.2. The van der Waals surface area contributed by atoms with Gasteiger partial charge in [0.05, 0.1) is 12.3 Å². The molecular weight excluding hydrogens is 268 g/mol. The molecule has 112 valence electrons. The fourth-order valence-electron chi connectivity index (χ4n) is 1.82. The summed E-state index contributed by atoms with van der Waals surface area (Å²) in [4.78, 5) is 13.9. The third kappa shape index (κ3) is 4.32. The average molecular weight is 288 g/mol. The first-order valence-corrected chi connectivity index (χ1v) is 6.80. The minimum absolute atomic E-state index is 0.302. The average Bonchev–Trinajstić information content (AvgIpc) is 2.94. The lowest BCUT2D eigenvalue weighted by atomic mass is 10.3. The van der Waals surface area contributed by atoms with Crippen molar-refractivity contribution in [2.75, 3.05) is 33.0 Å². The maximum atomic E-state index is 11.9. The lowest BCUT2D eigenvalue weighted by molar-refractivity contribution is 0.0486. The molecule has 0 aliphatic heterocycles. The highest BCUT2D eigenvalue weighted by molar-refractivity contribution is 5.87. The summed E-state index contributed by atoms with van der Waals surface area (Å²) in [5.74, 6) is -0.400. The van der Waals surface area contributed by atoms with Crippen LogP contribution in [0.4, 0.5) is 5.69 Å². The summed E-state index contributed by atoms with van der Waals surface area (Å²) >= 11 is 0. The summed E-state index contributed by atoms with van der Waals surface area (Å²) in [7, 11) is 3.96. The van der Waals surface area contributed by atoms with Gasteiger partial charge in [-0.15, -0.1) is 0 Å². The lowest BCUT2D eigenvalue weighted by Crippen LogP contribution is -2.16. The van der Waals surface area contributed by atoms with Gasteiger partial charge in [0.25, 0.3) is 0 Å². The number of anilines is 1. The highest BCUT2D eigenvalue weighted by atomic mass is 16.5. The normalized spacial score (nSPS) is 10.8. The van der Waals surface area contributed by atoms with Crippen molar-refractivity contribution < 1.29 is 9.53 Å². The molecule has 0 aliphatic carbocycles. The molecule has 2 aromatic rings. The Labute approximate surface area is 124 Å². The number of hydrogen-bond donors (Lipinski definition) is 1. The van der Waals surface area contributed by atoms with Crippen molar-refractivity contribution in [1.29, 1.82) is 0 Å². The van der Waals surface area contributed by atoms with E-state index < -0.39 is 5.97 Å². The molecule has 0 fully saturated rings. The number of benzene rings is 1. The van der Waals surface area contributed by atoms with Crippen LogP contribution in [0.1, 0.15) is 16.9 Å². The molecule has 6 nitrogen and oxygen atoms in total. The van der Waals surface area contributed by atoms with Gasteiger partial charge in [-0.25, -0.2) is 9.48 Å². The highest BCUT2D eigenvalue weighted by Gasteiger charge is 2.11. The Morgan fingerprint density at radius 1 is 1.29 bits per heavy atom. The number of nitrogens with zero attached hydrogens (tertiary/aromatic N) is 3. The summed E-state index contributed by atoms with van der Waals surface area (Å²) in [6.45, 7) is 1.28. The van der Waals surface area contributed by atoms with Crippen LogP contribution >= 0.6 is 0 Å². The van der Waals surface area contributed by atoms with Crippen LogP contribution in [0.15, 0.2) is 36.5 Å². The van der Waals surface area contributed by atoms with Crippen LogP contribution in [0.2, 0.25) is 0 Å². The largest absolute Gasteiger partial charge is 0.461 e. The van der Waals surface area contributed by atoms with Crippen LogP contribution in [0, 0.1) is 0 Å². The standard InChI is InChI=1S/C15H20N4O2/c1-18(2)9-3-11-21-15(20)14-8-10-19(17-14)13-6-4-12(16)5-7-13/h4-8,10H,3,9,11,16H2,1-2H3. The van der Waals surface area contributed by atoms with Gasteiger partial charge in [0.1, 0.15) is 0 Å². The van der Waals surface area contributed by atoms with Gasteiger partial charge < -0.3 is 15.4 Å². The van der Waals surface area contributed by atoms with Crippen LogP contribution in [0.5, 0.6) is 0 Å². The van der Waals surface area contributed by atoms with E-state index in [4.69, 9.17) is 10.5 Å². The Balaban J connectivity index is 1.93. The van der Waals surface area contributed by atoms with E-state index in [-0.39, 0.29) is 0 Å². The molecule has 6 heteroatoms. The molecule has 2 N–H and O–H groups in total. The molecule has 0 radical (unpaired) electrons. The van der Waals surface area contributed by atoms with Crippen LogP contribution < -0.4 is 5.73 Å². The summed E-state index contributed by atoms with van der Waals surface area (Å²) < 4.78 is 6.81. The number of hydrogen-bond acceptors (Lipinski definition) is 5. The number of nitrogen functional groups attached to an aromatic ring is 1. The first-order valence-electron chi connectivity index (χ1n) is 6.80. The zero-order valence-corrected chi connectivity index (χ0v) is 12.3. The van der Waals surface area contributed by atoms with Gasteiger partial charge in [0, 0.05) is 18.4 Å². The number of carbonyl (C=O) groups is 1. The van der Waals surface area contributed by atoms with E-state index in [1.165, 1.54) is 0 Å². The number of rotatable bonds is 6. The molecule has 1 aromatic carbocycles. The Kier molecular flexibility index (Phi) is 4.94. The second-order valence-corrected chi connectivity index (χ2v) is 5.03. The molecule has 0 spiro atoms. The smallest absolute Gasteiger partial charge is 0.358 e. The predicted molar refractivity (Wildman–Crippen MR) is 81.4 cm³/mol. The molecule has 21 heavy (non-hydrogen) atoms. The quantitative estimate of drug-likeness (QED) is 0.496. The first-order chi connectivity index (χ1) is 10.1. The third-order valence-corrected chi connectivity index (χ3v) is 2.94. The van der Waals surface area contributed by atoms with Crippen LogP contribution in [0.3, 0.4) is 0 Å². The Morgan fingerprint density at radius 2 is 2.00 bits per heavy atom. The Morgan fingerprint density at radius 3 is 2.67 bits per heavy atom. The van der Waals surface area contributed by atoms with Crippen molar-refractivity contribution in [3.63, 3.8) is 0 Å². The second kappa shape index (κ2) is 6.90. The van der Waals surface area contributed by atoms with E-state index in [0.29, 0.717) is 18.0 Å². The molecule has 1 heterocycles. The maximum Gasteiger partial charge on any atom is 0.358 e. The van der Waals surface area contributed by atoms with Gasteiger partial charge in [-0.05, 0) is 50.8 Å². The second-order valence-electron chi connectivity index (χ2n) is 5.03. The molecule has 0 atom stereocenters. The third-order valence-electron chi connectivity index (χ3n) is 2.94. The van der Waals surface area contributed by atoms with Gasteiger partial charge in [-0.1, -0.05) is 0 Å². The van der Waals surface area contributed by atoms with Crippen molar-refractivity contribution in [2.45, 2.75) is 6.42 Å². The zero-order valence-electron chi connectivity index (χ0n) is 12.3. The summed E-state index contributed by atoms with van der Waals surface area (Å²) in [5, 5.41) is 4.21. The molecule has 2 rings (SSSR count). The molecule has 0 saturated heterocycles. The van der Waals surface area contributed by atoms with Crippen LogP contribution in [-0.2, 0) is 4.74 Å². The molecular formula is C15H20N4O2. The number of aromatic nitrogens is 2. The minimum Gasteiger partial charge on any atom is -0.461 e. The number of ether oxygens (including phenoxy) is 1. The van der Waals surface area contributed by atoms with Crippen molar-refractivity contribution >= 4 is 11.7 Å². The molecule has 0 bridgehead atoms. The summed E-state index contributed by atoms with van der Waals surface area (Å²) in [6.07, 6.45) is 2.53. The van der Waals surface area contributed by atoms with Gasteiger partial charge in [-0.2, -0.15) is 5.10 Å². The van der Waals surface area contributed by atoms with Crippen molar-refractivity contribution in [3.8, 4) is 5.69 Å². The first kappa shape index (κ1) is 15.1. The van der Waals surface area contributed by atoms with Gasteiger partial charge >= 0.3 is 5.97 Å². The number of nitrogens with two attached hydrogens (primary N) is 1. The van der Waals surface area contributed by atoms with Gasteiger partial charge in [-0.3, -0.25) is 0 Å². The molecule has 0 saturated carbocycles. The van der Waals surface area contributed by atoms with Gasteiger partial charge in [0.15, 0.2) is 5.69 Å². The highest BCUT2D eigenvalue weighted by Crippen LogP contribution is 2.11. The maximum absolute atomic E-state index is 11.9. The predicted octanol–water partition coefficient (Wildman–Crippen LogP) is 1.56. The topological polar surface area (TPSA) is 73.4 Å². The SMILES string of the molecule is CN(C)CCCOC(=O)c1ccn(-c2ccc(N)cc2)n1. The molecule has 0 aliphatic rings. The van der Waals surface area contributed by atoms with E-state index >= 15 is 0 Å². The lowest BCUT2D eigenvalue weighted by Gasteiger charge is -2.08.